The summed E-state index contributed by atoms with van der Waals surface area (Å²) < 4.78 is 0. The summed E-state index contributed by atoms with van der Waals surface area (Å²) in [6, 6.07) is 4.61. The second kappa shape index (κ2) is 6.65. The molecule has 1 fully saturated rings. The number of nitrogens with zero attached hydrogens (tertiary/aromatic N) is 3. The molecule has 1 N–H and O–H groups in total. The Hall–Kier alpha value is -1.62. The first-order chi connectivity index (χ1) is 10.6. The summed E-state index contributed by atoms with van der Waals surface area (Å²) in [7, 11) is 0. The monoisotopic (exact) mass is 316 g/mol. The highest BCUT2D eigenvalue weighted by molar-refractivity contribution is 7.12. The van der Waals surface area contributed by atoms with Crippen LogP contribution in [0, 0.1) is 13.8 Å². The summed E-state index contributed by atoms with van der Waals surface area (Å²) in [5.74, 6) is 1.95. The molecule has 2 aromatic rings. The maximum atomic E-state index is 4.44. The molecule has 22 heavy (non-hydrogen) atoms. The van der Waals surface area contributed by atoms with Gasteiger partial charge in [0.25, 0.3) is 0 Å². The van der Waals surface area contributed by atoms with Crippen LogP contribution in [0.1, 0.15) is 47.5 Å². The second-order valence-electron chi connectivity index (χ2n) is 6.04. The maximum Gasteiger partial charge on any atom is 0.134 e. The van der Waals surface area contributed by atoms with Gasteiger partial charge in [-0.3, -0.25) is 0 Å². The van der Waals surface area contributed by atoms with Crippen molar-refractivity contribution < 1.29 is 0 Å². The van der Waals surface area contributed by atoms with Crippen LogP contribution < -0.4 is 10.2 Å². The molecule has 118 valence electrons. The van der Waals surface area contributed by atoms with E-state index in [0.29, 0.717) is 0 Å². The van der Waals surface area contributed by atoms with Crippen molar-refractivity contribution in [3.63, 3.8) is 0 Å². The van der Waals surface area contributed by atoms with Crippen LogP contribution in [-0.4, -0.2) is 23.1 Å². The first kappa shape index (κ1) is 15.3. The quantitative estimate of drug-likeness (QED) is 0.912. The highest BCUT2D eigenvalue weighted by Crippen LogP contribution is 2.28. The zero-order chi connectivity index (χ0) is 15.5. The molecule has 1 aliphatic rings. The molecule has 3 heterocycles. The van der Waals surface area contributed by atoms with Gasteiger partial charge in [0.15, 0.2) is 0 Å². The van der Waals surface area contributed by atoms with Crippen LogP contribution in [0.25, 0.3) is 0 Å². The Labute approximate surface area is 136 Å². The molecule has 1 unspecified atom stereocenters. The molecule has 1 saturated heterocycles. The third-order valence-corrected chi connectivity index (χ3v) is 5.22. The highest BCUT2D eigenvalue weighted by atomic mass is 32.1. The van der Waals surface area contributed by atoms with E-state index in [4.69, 9.17) is 0 Å². The zero-order valence-electron chi connectivity index (χ0n) is 13.6. The van der Waals surface area contributed by atoms with Crippen molar-refractivity contribution in [2.45, 2.75) is 46.1 Å². The summed E-state index contributed by atoms with van der Waals surface area (Å²) in [5, 5.41) is 3.52. The minimum absolute atomic E-state index is 0.258. The lowest BCUT2D eigenvalue weighted by Gasteiger charge is -2.28. The van der Waals surface area contributed by atoms with Crippen LogP contribution in [0.2, 0.25) is 0 Å². The summed E-state index contributed by atoms with van der Waals surface area (Å²) in [6.07, 6.45) is 5.53. The third-order valence-electron chi connectivity index (χ3n) is 4.24. The van der Waals surface area contributed by atoms with E-state index in [1.165, 1.54) is 34.6 Å². The molecule has 0 bridgehead atoms. The van der Waals surface area contributed by atoms with Gasteiger partial charge >= 0.3 is 0 Å². The van der Waals surface area contributed by atoms with Gasteiger partial charge in [-0.1, -0.05) is 0 Å². The summed E-state index contributed by atoms with van der Waals surface area (Å²) in [6.45, 7) is 8.75. The molecular formula is C17H24N4S. The van der Waals surface area contributed by atoms with Crippen LogP contribution in [0.5, 0.6) is 0 Å². The lowest BCUT2D eigenvalue weighted by molar-refractivity contribution is 0.573. The maximum absolute atomic E-state index is 4.44. The Bertz CT molecular complexity index is 631. The molecule has 3 rings (SSSR count). The molecule has 0 amide bonds. The van der Waals surface area contributed by atoms with Crippen molar-refractivity contribution in [2.24, 2.45) is 0 Å². The van der Waals surface area contributed by atoms with Gasteiger partial charge in [0.2, 0.25) is 0 Å². The van der Waals surface area contributed by atoms with E-state index in [0.717, 1.165) is 24.7 Å². The largest absolute Gasteiger partial charge is 0.363 e. The normalized spacial score (nSPS) is 16.6. The van der Waals surface area contributed by atoms with Crippen molar-refractivity contribution in [2.75, 3.05) is 23.3 Å². The van der Waals surface area contributed by atoms with Gasteiger partial charge in [-0.2, -0.15) is 0 Å². The average molecular weight is 316 g/mol. The number of piperidine rings is 1. The predicted octanol–water partition coefficient (Wildman–Crippen LogP) is 4.32. The predicted molar refractivity (Wildman–Crippen MR) is 93.9 cm³/mol. The van der Waals surface area contributed by atoms with Gasteiger partial charge in [0.05, 0.1) is 6.04 Å². The van der Waals surface area contributed by atoms with Crippen molar-refractivity contribution in [1.29, 1.82) is 0 Å². The average Bonchev–Trinajstić information content (AvgIpc) is 2.87. The van der Waals surface area contributed by atoms with Gasteiger partial charge in [-0.05, 0) is 51.7 Å². The van der Waals surface area contributed by atoms with Gasteiger partial charge in [-0.25, -0.2) is 9.97 Å². The Morgan fingerprint density at radius 2 is 1.91 bits per heavy atom. The number of anilines is 2. The van der Waals surface area contributed by atoms with E-state index in [2.05, 4.69) is 53.1 Å². The number of aromatic nitrogens is 2. The van der Waals surface area contributed by atoms with E-state index in [-0.39, 0.29) is 6.04 Å². The lowest BCUT2D eigenvalue weighted by Crippen LogP contribution is -2.30. The van der Waals surface area contributed by atoms with Crippen LogP contribution in [0.3, 0.4) is 0 Å². The number of hydrogen-bond acceptors (Lipinski definition) is 5. The Morgan fingerprint density at radius 1 is 1.14 bits per heavy atom. The highest BCUT2D eigenvalue weighted by Gasteiger charge is 2.15. The number of thiophene rings is 1. The minimum Gasteiger partial charge on any atom is -0.363 e. The smallest absolute Gasteiger partial charge is 0.134 e. The Balaban J connectivity index is 1.73. The van der Waals surface area contributed by atoms with E-state index >= 15 is 0 Å². The standard InChI is InChI=1S/C17H24N4S/c1-12-9-15(14(3)22-12)13(2)20-16-10-17(19-11-18-16)21-7-5-4-6-8-21/h9-11,13H,4-8H2,1-3H3,(H,18,19,20). The fourth-order valence-electron chi connectivity index (χ4n) is 3.10. The molecule has 1 atom stereocenters. The van der Waals surface area contributed by atoms with Crippen molar-refractivity contribution in [3.05, 3.63) is 33.8 Å². The summed E-state index contributed by atoms with van der Waals surface area (Å²) in [4.78, 5) is 13.9. The molecule has 0 aliphatic carbocycles. The van der Waals surface area contributed by atoms with Crippen molar-refractivity contribution in [3.8, 4) is 0 Å². The molecule has 1 aliphatic heterocycles. The van der Waals surface area contributed by atoms with Crippen LogP contribution in [0.4, 0.5) is 11.6 Å². The second-order valence-corrected chi connectivity index (χ2v) is 7.50. The first-order valence-electron chi connectivity index (χ1n) is 8.04. The SMILES string of the molecule is Cc1cc(C(C)Nc2cc(N3CCCCC3)ncn2)c(C)s1. The van der Waals surface area contributed by atoms with Crippen LogP contribution in [-0.2, 0) is 0 Å². The van der Waals surface area contributed by atoms with Crippen molar-refractivity contribution >= 4 is 23.0 Å². The fraction of sp³-hybridized carbons (Fsp3) is 0.529. The first-order valence-corrected chi connectivity index (χ1v) is 8.85. The minimum atomic E-state index is 0.258. The number of nitrogens with one attached hydrogen (secondary N) is 1. The lowest BCUT2D eigenvalue weighted by atomic mass is 10.1. The molecule has 0 aromatic carbocycles. The zero-order valence-corrected chi connectivity index (χ0v) is 14.4. The van der Waals surface area contributed by atoms with Crippen LogP contribution in [0.15, 0.2) is 18.5 Å². The van der Waals surface area contributed by atoms with E-state index in [9.17, 15) is 0 Å². The van der Waals surface area contributed by atoms with E-state index in [1.807, 2.05) is 11.3 Å². The number of rotatable bonds is 4. The van der Waals surface area contributed by atoms with Gasteiger partial charge in [-0.15, -0.1) is 11.3 Å². The van der Waals surface area contributed by atoms with E-state index < -0.39 is 0 Å². The van der Waals surface area contributed by atoms with Crippen LogP contribution >= 0.6 is 11.3 Å². The van der Waals surface area contributed by atoms with Gasteiger partial charge in [0.1, 0.15) is 18.0 Å². The molecule has 4 nitrogen and oxygen atoms in total. The van der Waals surface area contributed by atoms with Crippen molar-refractivity contribution in [1.82, 2.24) is 9.97 Å². The fourth-order valence-corrected chi connectivity index (χ4v) is 4.12. The molecule has 2 aromatic heterocycles. The number of aryl methyl sites for hydroxylation is 2. The third kappa shape index (κ3) is 3.40. The Kier molecular flexibility index (Phi) is 4.62. The van der Waals surface area contributed by atoms with Gasteiger partial charge < -0.3 is 10.2 Å². The molecule has 0 spiro atoms. The molecule has 0 saturated carbocycles. The van der Waals surface area contributed by atoms with Gasteiger partial charge in [0, 0.05) is 28.9 Å². The number of hydrogen-bond donors (Lipinski definition) is 1. The molecular weight excluding hydrogens is 292 g/mol. The molecule has 0 radical (unpaired) electrons. The van der Waals surface area contributed by atoms with E-state index in [1.54, 1.807) is 6.33 Å². The topological polar surface area (TPSA) is 41.0 Å². The molecule has 5 heteroatoms. The summed E-state index contributed by atoms with van der Waals surface area (Å²) >= 11 is 1.85. The summed E-state index contributed by atoms with van der Waals surface area (Å²) in [5.41, 5.74) is 1.36. The Morgan fingerprint density at radius 3 is 2.59 bits per heavy atom.